The number of nitrogens with zero attached hydrogens (tertiary/aromatic N) is 6. The van der Waals surface area contributed by atoms with Gasteiger partial charge in [0.05, 0.1) is 24.1 Å². The van der Waals surface area contributed by atoms with E-state index in [2.05, 4.69) is 19.8 Å². The summed E-state index contributed by atoms with van der Waals surface area (Å²) in [4.78, 5) is 30.0. The number of hydrogen-bond acceptors (Lipinski definition) is 7. The third kappa shape index (κ3) is 4.17. The first-order valence-electron chi connectivity index (χ1n) is 9.64. The summed E-state index contributed by atoms with van der Waals surface area (Å²) in [6, 6.07) is 3.29. The van der Waals surface area contributed by atoms with Gasteiger partial charge in [-0.25, -0.2) is 15.0 Å². The van der Waals surface area contributed by atoms with E-state index in [9.17, 15) is 4.79 Å². The van der Waals surface area contributed by atoms with E-state index in [1.54, 1.807) is 23.9 Å². The van der Waals surface area contributed by atoms with Crippen molar-refractivity contribution < 1.29 is 4.74 Å². The molecule has 0 saturated carbocycles. The molecule has 27 heavy (non-hydrogen) atoms. The zero-order valence-electron chi connectivity index (χ0n) is 15.8. The average Bonchev–Trinajstić information content (AvgIpc) is 2.71. The standard InChI is InChI=1S/C19H26N6O2/c1-23-18(26)11-17(16-5-6-20-14-21-16)22-19(23)25-9-10-27-15(13-25)12-24-7-3-2-4-8-24/h5-6,11,14-15H,2-4,7-10,12-13H2,1H3. The second-order valence-corrected chi connectivity index (χ2v) is 7.23. The second kappa shape index (κ2) is 8.14. The molecule has 8 heteroatoms. The number of anilines is 1. The lowest BCUT2D eigenvalue weighted by Gasteiger charge is -2.37. The molecular weight excluding hydrogens is 344 g/mol. The van der Waals surface area contributed by atoms with Crippen LogP contribution in [0.25, 0.3) is 11.4 Å². The van der Waals surface area contributed by atoms with E-state index in [0.717, 1.165) is 32.7 Å². The molecular formula is C19H26N6O2. The maximum absolute atomic E-state index is 12.5. The Hall–Kier alpha value is -2.32. The van der Waals surface area contributed by atoms with Crippen molar-refractivity contribution in [1.29, 1.82) is 0 Å². The number of rotatable bonds is 4. The van der Waals surface area contributed by atoms with E-state index in [-0.39, 0.29) is 11.7 Å². The maximum Gasteiger partial charge on any atom is 0.255 e. The Morgan fingerprint density at radius 2 is 2.04 bits per heavy atom. The van der Waals surface area contributed by atoms with Crippen LogP contribution < -0.4 is 10.5 Å². The van der Waals surface area contributed by atoms with Gasteiger partial charge in [-0.2, -0.15) is 0 Å². The molecule has 0 spiro atoms. The van der Waals surface area contributed by atoms with E-state index in [1.807, 2.05) is 0 Å². The SMILES string of the molecule is Cn1c(N2CCOC(CN3CCCCC3)C2)nc(-c2ccncn2)cc1=O. The highest BCUT2D eigenvalue weighted by atomic mass is 16.5. The molecule has 2 aliphatic heterocycles. The molecule has 2 saturated heterocycles. The molecule has 0 aromatic carbocycles. The summed E-state index contributed by atoms with van der Waals surface area (Å²) in [6.07, 6.45) is 7.13. The van der Waals surface area contributed by atoms with Crippen LogP contribution in [0, 0.1) is 0 Å². The first-order chi connectivity index (χ1) is 13.2. The van der Waals surface area contributed by atoms with Crippen molar-refractivity contribution in [2.24, 2.45) is 7.05 Å². The monoisotopic (exact) mass is 370 g/mol. The van der Waals surface area contributed by atoms with Gasteiger partial charge in [-0.05, 0) is 32.0 Å². The first kappa shape index (κ1) is 18.1. The summed E-state index contributed by atoms with van der Waals surface area (Å²) in [7, 11) is 1.77. The average molecular weight is 370 g/mol. The largest absolute Gasteiger partial charge is 0.373 e. The van der Waals surface area contributed by atoms with Crippen LogP contribution in [0.1, 0.15) is 19.3 Å². The van der Waals surface area contributed by atoms with Gasteiger partial charge in [-0.1, -0.05) is 6.42 Å². The minimum Gasteiger partial charge on any atom is -0.373 e. The van der Waals surface area contributed by atoms with Gasteiger partial charge in [0.1, 0.15) is 6.33 Å². The zero-order valence-corrected chi connectivity index (χ0v) is 15.8. The lowest BCUT2D eigenvalue weighted by Crippen LogP contribution is -2.50. The van der Waals surface area contributed by atoms with Crippen molar-refractivity contribution >= 4 is 5.95 Å². The Kier molecular flexibility index (Phi) is 5.45. The molecule has 4 rings (SSSR count). The van der Waals surface area contributed by atoms with E-state index in [1.165, 1.54) is 31.7 Å². The van der Waals surface area contributed by atoms with Gasteiger partial charge in [-0.15, -0.1) is 0 Å². The lowest BCUT2D eigenvalue weighted by molar-refractivity contribution is 0.0115. The Morgan fingerprint density at radius 3 is 2.81 bits per heavy atom. The van der Waals surface area contributed by atoms with Gasteiger partial charge >= 0.3 is 0 Å². The lowest BCUT2D eigenvalue weighted by atomic mass is 10.1. The molecule has 0 bridgehead atoms. The van der Waals surface area contributed by atoms with Crippen molar-refractivity contribution in [3.63, 3.8) is 0 Å². The quantitative estimate of drug-likeness (QED) is 0.792. The van der Waals surface area contributed by atoms with Gasteiger partial charge in [0.15, 0.2) is 0 Å². The summed E-state index contributed by atoms with van der Waals surface area (Å²) in [5.74, 6) is 0.669. The zero-order chi connectivity index (χ0) is 18.6. The molecule has 0 N–H and O–H groups in total. The molecule has 2 aromatic rings. The summed E-state index contributed by atoms with van der Waals surface area (Å²) >= 11 is 0. The van der Waals surface area contributed by atoms with Crippen molar-refractivity contribution in [2.45, 2.75) is 25.4 Å². The smallest absolute Gasteiger partial charge is 0.255 e. The molecule has 4 heterocycles. The minimum absolute atomic E-state index is 0.0901. The fourth-order valence-electron chi connectivity index (χ4n) is 3.83. The number of aromatic nitrogens is 4. The second-order valence-electron chi connectivity index (χ2n) is 7.23. The van der Waals surface area contributed by atoms with Crippen LogP contribution in [-0.4, -0.2) is 69.9 Å². The Morgan fingerprint density at radius 1 is 1.19 bits per heavy atom. The van der Waals surface area contributed by atoms with Crippen LogP contribution in [0.15, 0.2) is 29.5 Å². The molecule has 0 radical (unpaired) electrons. The maximum atomic E-state index is 12.5. The highest BCUT2D eigenvalue weighted by Gasteiger charge is 2.26. The highest BCUT2D eigenvalue weighted by Crippen LogP contribution is 2.19. The summed E-state index contributed by atoms with van der Waals surface area (Å²) < 4.78 is 7.60. The fraction of sp³-hybridized carbons (Fsp3) is 0.579. The number of hydrogen-bond donors (Lipinski definition) is 0. The highest BCUT2D eigenvalue weighted by molar-refractivity contribution is 5.55. The summed E-state index contributed by atoms with van der Waals surface area (Å²) in [6.45, 7) is 5.36. The van der Waals surface area contributed by atoms with Crippen molar-refractivity contribution in [1.82, 2.24) is 24.4 Å². The van der Waals surface area contributed by atoms with Crippen LogP contribution in [0.3, 0.4) is 0 Å². The van der Waals surface area contributed by atoms with Crippen LogP contribution in [0.2, 0.25) is 0 Å². The third-order valence-corrected chi connectivity index (χ3v) is 5.29. The Balaban J connectivity index is 1.54. The van der Waals surface area contributed by atoms with Gasteiger partial charge < -0.3 is 14.5 Å². The molecule has 144 valence electrons. The topological polar surface area (TPSA) is 76.4 Å². The van der Waals surface area contributed by atoms with Gasteiger partial charge in [-0.3, -0.25) is 9.36 Å². The molecule has 2 aliphatic rings. The van der Waals surface area contributed by atoms with Gasteiger partial charge in [0, 0.05) is 38.9 Å². The van der Waals surface area contributed by atoms with Crippen LogP contribution in [0.4, 0.5) is 5.95 Å². The molecule has 0 amide bonds. The molecule has 0 aliphatic carbocycles. The van der Waals surface area contributed by atoms with Crippen LogP contribution in [0.5, 0.6) is 0 Å². The number of morpholine rings is 1. The molecule has 1 atom stereocenters. The molecule has 8 nitrogen and oxygen atoms in total. The van der Waals surface area contributed by atoms with E-state index < -0.39 is 0 Å². The van der Waals surface area contributed by atoms with E-state index in [4.69, 9.17) is 9.72 Å². The molecule has 1 unspecified atom stereocenters. The fourth-order valence-corrected chi connectivity index (χ4v) is 3.83. The number of piperidine rings is 1. The van der Waals surface area contributed by atoms with Gasteiger partial charge in [0.25, 0.3) is 5.56 Å². The molecule has 2 aromatic heterocycles. The van der Waals surface area contributed by atoms with Crippen molar-refractivity contribution in [2.75, 3.05) is 44.2 Å². The first-order valence-corrected chi connectivity index (χ1v) is 9.64. The normalized spacial score (nSPS) is 21.4. The van der Waals surface area contributed by atoms with E-state index >= 15 is 0 Å². The van der Waals surface area contributed by atoms with Crippen LogP contribution >= 0.6 is 0 Å². The number of likely N-dealkylation sites (tertiary alicyclic amines) is 1. The van der Waals surface area contributed by atoms with Crippen molar-refractivity contribution in [3.8, 4) is 11.4 Å². The van der Waals surface area contributed by atoms with Gasteiger partial charge in [0.2, 0.25) is 5.95 Å². The predicted molar refractivity (Wildman–Crippen MR) is 103 cm³/mol. The van der Waals surface area contributed by atoms with Crippen LogP contribution in [-0.2, 0) is 11.8 Å². The Labute approximate surface area is 158 Å². The van der Waals surface area contributed by atoms with E-state index in [0.29, 0.717) is 23.9 Å². The predicted octanol–water partition coefficient (Wildman–Crippen LogP) is 0.928. The summed E-state index contributed by atoms with van der Waals surface area (Å²) in [5.41, 5.74) is 1.14. The number of ether oxygens (including phenoxy) is 1. The minimum atomic E-state index is -0.0901. The van der Waals surface area contributed by atoms with Crippen molar-refractivity contribution in [3.05, 3.63) is 35.0 Å². The Bertz CT molecular complexity index is 819. The molecule has 2 fully saturated rings. The third-order valence-electron chi connectivity index (χ3n) is 5.29. The summed E-state index contributed by atoms with van der Waals surface area (Å²) in [5, 5.41) is 0.